The average molecular weight is 494 g/mol. The lowest BCUT2D eigenvalue weighted by Crippen LogP contribution is -2.34. The van der Waals surface area contributed by atoms with E-state index < -0.39 is 5.97 Å². The molecule has 1 aliphatic rings. The summed E-state index contributed by atoms with van der Waals surface area (Å²) in [5.74, 6) is -0.634. The van der Waals surface area contributed by atoms with Crippen molar-refractivity contribution in [2.45, 2.75) is 19.4 Å². The summed E-state index contributed by atoms with van der Waals surface area (Å²) in [5.41, 5.74) is 1.28. The van der Waals surface area contributed by atoms with Crippen LogP contribution in [-0.2, 0) is 24.1 Å². The van der Waals surface area contributed by atoms with Gasteiger partial charge in [0.05, 0.1) is 13.7 Å². The van der Waals surface area contributed by atoms with Crippen LogP contribution >= 0.6 is 11.3 Å². The number of pyridine rings is 1. The van der Waals surface area contributed by atoms with Crippen molar-refractivity contribution in [3.8, 4) is 5.75 Å². The SMILES string of the molecule is COC(=O)c1c(OCCc2cccs2)cc(=O)n2c1CCN(C(=O)c1cc3ncccn3n1)CC2. The van der Waals surface area contributed by atoms with E-state index in [0.29, 0.717) is 43.9 Å². The number of hydrogen-bond acceptors (Lipinski definition) is 8. The predicted octanol–water partition coefficient (Wildman–Crippen LogP) is 2.06. The molecule has 0 unspecified atom stereocenters. The number of fused-ring (bicyclic) bond motifs is 2. The minimum absolute atomic E-state index is 0.204. The Morgan fingerprint density at radius 3 is 2.83 bits per heavy atom. The van der Waals surface area contributed by atoms with Crippen LogP contribution in [0.25, 0.3) is 5.65 Å². The molecule has 0 fully saturated rings. The van der Waals surface area contributed by atoms with Crippen LogP contribution < -0.4 is 10.3 Å². The number of esters is 1. The number of nitrogens with zero attached hydrogens (tertiary/aromatic N) is 5. The zero-order valence-electron chi connectivity index (χ0n) is 19.0. The van der Waals surface area contributed by atoms with Crippen LogP contribution in [0.2, 0.25) is 0 Å². The third-order valence-corrected chi connectivity index (χ3v) is 6.85. The Balaban J connectivity index is 1.40. The second kappa shape index (κ2) is 9.71. The van der Waals surface area contributed by atoms with Gasteiger partial charge in [-0.25, -0.2) is 14.3 Å². The van der Waals surface area contributed by atoms with E-state index in [4.69, 9.17) is 9.47 Å². The normalized spacial score (nSPS) is 13.3. The number of aromatic nitrogens is 4. The fraction of sp³-hybridized carbons (Fsp3) is 0.292. The highest BCUT2D eigenvalue weighted by atomic mass is 32.1. The number of hydrogen-bond donors (Lipinski definition) is 0. The summed E-state index contributed by atoms with van der Waals surface area (Å²) in [6.07, 6.45) is 4.31. The molecule has 0 aromatic carbocycles. The molecular formula is C24H23N5O5S. The standard InChI is InChI=1S/C24H23N5O5S/c1-33-24(32)22-18-5-9-27(23(31)17-14-20-25-7-3-8-29(20)26-17)10-11-28(18)21(30)15-19(22)34-12-6-16-4-2-13-35-16/h2-4,7-8,13-15H,5-6,9-12H2,1H3. The van der Waals surface area contributed by atoms with Crippen LogP contribution in [0.1, 0.15) is 31.4 Å². The van der Waals surface area contributed by atoms with Gasteiger partial charge in [-0.3, -0.25) is 9.59 Å². The first-order valence-electron chi connectivity index (χ1n) is 11.1. The van der Waals surface area contributed by atoms with Crippen molar-refractivity contribution in [3.63, 3.8) is 0 Å². The van der Waals surface area contributed by atoms with Gasteiger partial charge in [0.1, 0.15) is 11.3 Å². The predicted molar refractivity (Wildman–Crippen MR) is 128 cm³/mol. The molecule has 0 radical (unpaired) electrons. The monoisotopic (exact) mass is 493 g/mol. The van der Waals surface area contributed by atoms with Gasteiger partial charge in [-0.2, -0.15) is 5.10 Å². The summed E-state index contributed by atoms with van der Waals surface area (Å²) >= 11 is 1.62. The van der Waals surface area contributed by atoms with Crippen molar-refractivity contribution < 1.29 is 19.1 Å². The Labute approximate surface area is 204 Å². The van der Waals surface area contributed by atoms with Crippen molar-refractivity contribution in [2.75, 3.05) is 26.8 Å². The number of ether oxygens (including phenoxy) is 2. The molecule has 1 aliphatic heterocycles. The maximum absolute atomic E-state index is 13.2. The molecule has 0 saturated heterocycles. The highest BCUT2D eigenvalue weighted by Gasteiger charge is 2.28. The number of carbonyl (C=O) groups is 2. The first-order chi connectivity index (χ1) is 17.0. The molecule has 11 heteroatoms. The molecule has 35 heavy (non-hydrogen) atoms. The van der Waals surface area contributed by atoms with Gasteiger partial charge < -0.3 is 18.9 Å². The fourth-order valence-corrected chi connectivity index (χ4v) is 4.89. The van der Waals surface area contributed by atoms with Gasteiger partial charge in [0.15, 0.2) is 11.3 Å². The summed E-state index contributed by atoms with van der Waals surface area (Å²) in [4.78, 5) is 45.9. The Morgan fingerprint density at radius 1 is 1.17 bits per heavy atom. The minimum Gasteiger partial charge on any atom is -0.492 e. The molecule has 4 aromatic rings. The van der Waals surface area contributed by atoms with Crippen LogP contribution in [0, 0.1) is 0 Å². The van der Waals surface area contributed by atoms with Crippen LogP contribution in [-0.4, -0.2) is 62.7 Å². The molecule has 5 rings (SSSR count). The van der Waals surface area contributed by atoms with Gasteiger partial charge in [-0.15, -0.1) is 11.3 Å². The molecule has 0 N–H and O–H groups in total. The molecule has 0 saturated carbocycles. The first-order valence-corrected chi connectivity index (χ1v) is 12.0. The number of thiophene rings is 1. The summed E-state index contributed by atoms with van der Waals surface area (Å²) in [6, 6.07) is 8.66. The smallest absolute Gasteiger partial charge is 0.343 e. The maximum atomic E-state index is 13.2. The Kier molecular flexibility index (Phi) is 6.32. The summed E-state index contributed by atoms with van der Waals surface area (Å²) < 4.78 is 14.0. The number of rotatable bonds is 6. The topological polar surface area (TPSA) is 108 Å². The number of amides is 1. The lowest BCUT2D eigenvalue weighted by molar-refractivity contribution is 0.0593. The molecule has 4 aromatic heterocycles. The van der Waals surface area contributed by atoms with Crippen molar-refractivity contribution in [2.24, 2.45) is 0 Å². The molecule has 1 amide bonds. The van der Waals surface area contributed by atoms with Crippen molar-refractivity contribution in [3.05, 3.63) is 80.3 Å². The van der Waals surface area contributed by atoms with Crippen molar-refractivity contribution in [1.82, 2.24) is 24.1 Å². The summed E-state index contributed by atoms with van der Waals surface area (Å²) in [5, 5.41) is 6.30. The molecular weight excluding hydrogens is 470 g/mol. The second-order valence-electron chi connectivity index (χ2n) is 7.98. The maximum Gasteiger partial charge on any atom is 0.343 e. The quantitative estimate of drug-likeness (QED) is 0.378. The van der Waals surface area contributed by atoms with E-state index in [2.05, 4.69) is 10.1 Å². The Hall–Kier alpha value is -3.99. The molecule has 0 bridgehead atoms. The van der Waals surface area contributed by atoms with Gasteiger partial charge >= 0.3 is 5.97 Å². The van der Waals surface area contributed by atoms with Gasteiger partial charge in [-0.05, 0) is 17.5 Å². The third kappa shape index (κ3) is 4.54. The molecule has 0 aliphatic carbocycles. The molecule has 0 atom stereocenters. The largest absolute Gasteiger partial charge is 0.492 e. The van der Waals surface area contributed by atoms with Crippen molar-refractivity contribution in [1.29, 1.82) is 0 Å². The first kappa shape index (κ1) is 22.8. The second-order valence-corrected chi connectivity index (χ2v) is 9.02. The van der Waals surface area contributed by atoms with E-state index >= 15 is 0 Å². The van der Waals surface area contributed by atoms with Gasteiger partial charge in [0, 0.05) is 67.6 Å². The Morgan fingerprint density at radius 2 is 2.06 bits per heavy atom. The van der Waals surface area contributed by atoms with Gasteiger partial charge in [-0.1, -0.05) is 6.07 Å². The fourth-order valence-electron chi connectivity index (χ4n) is 4.20. The van der Waals surface area contributed by atoms with Crippen LogP contribution in [0.3, 0.4) is 0 Å². The van der Waals surface area contributed by atoms with Crippen LogP contribution in [0.4, 0.5) is 0 Å². The zero-order valence-corrected chi connectivity index (χ0v) is 19.9. The van der Waals surface area contributed by atoms with Gasteiger partial charge in [0.2, 0.25) is 0 Å². The third-order valence-electron chi connectivity index (χ3n) is 5.91. The summed E-state index contributed by atoms with van der Waals surface area (Å²) in [6.45, 7) is 1.17. The van der Waals surface area contributed by atoms with E-state index in [-0.39, 0.29) is 35.0 Å². The van der Waals surface area contributed by atoms with Gasteiger partial charge in [0.25, 0.3) is 11.5 Å². The van der Waals surface area contributed by atoms with E-state index in [1.54, 1.807) is 45.3 Å². The molecule has 10 nitrogen and oxygen atoms in total. The van der Waals surface area contributed by atoms with E-state index in [0.717, 1.165) is 4.88 Å². The molecule has 5 heterocycles. The van der Waals surface area contributed by atoms with Crippen LogP contribution in [0.5, 0.6) is 5.75 Å². The van der Waals surface area contributed by atoms with E-state index in [9.17, 15) is 14.4 Å². The van der Waals surface area contributed by atoms with Crippen LogP contribution in [0.15, 0.2) is 52.9 Å². The average Bonchev–Trinajstić information content (AvgIpc) is 3.49. The summed E-state index contributed by atoms with van der Waals surface area (Å²) in [7, 11) is 1.30. The highest BCUT2D eigenvalue weighted by Crippen LogP contribution is 2.25. The molecule has 180 valence electrons. The number of carbonyl (C=O) groups excluding carboxylic acids is 2. The van der Waals surface area contributed by atoms with E-state index in [1.165, 1.54) is 17.7 Å². The Bertz CT molecular complexity index is 1410. The lowest BCUT2D eigenvalue weighted by atomic mass is 10.1. The highest BCUT2D eigenvalue weighted by molar-refractivity contribution is 7.09. The lowest BCUT2D eigenvalue weighted by Gasteiger charge is -2.18. The van der Waals surface area contributed by atoms with Crippen molar-refractivity contribution >= 4 is 28.9 Å². The van der Waals surface area contributed by atoms with E-state index in [1.807, 2.05) is 17.5 Å². The zero-order chi connectivity index (χ0) is 24.4. The minimum atomic E-state index is -0.578. The number of methoxy groups -OCH3 is 1. The molecule has 0 spiro atoms.